The Morgan fingerprint density at radius 1 is 1.33 bits per heavy atom. The normalized spacial score (nSPS) is 21.0. The lowest BCUT2D eigenvalue weighted by atomic mass is 10.1. The number of hydrogen-bond donors (Lipinski definition) is 1. The Labute approximate surface area is 130 Å². The fraction of sp³-hybridized carbons (Fsp3) is 1.00. The standard InChI is InChI=1S/C14H31N3O3S/c1-4-9-15-10-7-11-16(3)21(18,19)17-12-6-8-14(13-17)20-5-2/h14-15H,4-13H2,1-3H3. The summed E-state index contributed by atoms with van der Waals surface area (Å²) in [5.74, 6) is 0. The molecule has 1 N–H and O–H groups in total. The maximum Gasteiger partial charge on any atom is 0.281 e. The van der Waals surface area contributed by atoms with E-state index in [0.717, 1.165) is 38.8 Å². The van der Waals surface area contributed by atoms with Crippen LogP contribution in [0.3, 0.4) is 0 Å². The number of hydrogen-bond acceptors (Lipinski definition) is 4. The molecule has 126 valence electrons. The molecule has 1 unspecified atom stereocenters. The quantitative estimate of drug-likeness (QED) is 0.611. The summed E-state index contributed by atoms with van der Waals surface area (Å²) in [6, 6.07) is 0. The Morgan fingerprint density at radius 3 is 2.76 bits per heavy atom. The van der Waals surface area contributed by atoms with E-state index in [2.05, 4.69) is 12.2 Å². The Morgan fingerprint density at radius 2 is 2.10 bits per heavy atom. The van der Waals surface area contributed by atoms with Crippen LogP contribution in [0.15, 0.2) is 0 Å². The first kappa shape index (κ1) is 18.8. The number of nitrogens with one attached hydrogen (secondary N) is 1. The zero-order valence-electron chi connectivity index (χ0n) is 13.7. The van der Waals surface area contributed by atoms with Crippen molar-refractivity contribution in [2.45, 2.75) is 45.6 Å². The van der Waals surface area contributed by atoms with Crippen molar-refractivity contribution in [2.24, 2.45) is 0 Å². The number of rotatable bonds is 10. The van der Waals surface area contributed by atoms with Gasteiger partial charge in [-0.05, 0) is 45.7 Å². The average Bonchev–Trinajstić information content (AvgIpc) is 2.47. The zero-order valence-corrected chi connectivity index (χ0v) is 14.5. The average molecular weight is 321 g/mol. The molecule has 0 aromatic heterocycles. The number of piperidine rings is 1. The van der Waals surface area contributed by atoms with Crippen LogP contribution >= 0.6 is 0 Å². The summed E-state index contributed by atoms with van der Waals surface area (Å²) < 4.78 is 33.7. The van der Waals surface area contributed by atoms with E-state index < -0.39 is 10.2 Å². The van der Waals surface area contributed by atoms with Crippen molar-refractivity contribution in [3.05, 3.63) is 0 Å². The zero-order chi connectivity index (χ0) is 15.7. The minimum atomic E-state index is -3.35. The van der Waals surface area contributed by atoms with E-state index in [0.29, 0.717) is 26.2 Å². The molecular weight excluding hydrogens is 290 g/mol. The van der Waals surface area contributed by atoms with Crippen LogP contribution in [0.5, 0.6) is 0 Å². The molecule has 1 heterocycles. The van der Waals surface area contributed by atoms with Gasteiger partial charge < -0.3 is 10.1 Å². The molecule has 0 aliphatic carbocycles. The highest BCUT2D eigenvalue weighted by Crippen LogP contribution is 2.18. The molecule has 0 radical (unpaired) electrons. The molecule has 1 aliphatic heterocycles. The van der Waals surface area contributed by atoms with Gasteiger partial charge in [-0.25, -0.2) is 0 Å². The second kappa shape index (κ2) is 9.74. The SMILES string of the molecule is CCCNCCCN(C)S(=O)(=O)N1CCCC(OCC)C1. The van der Waals surface area contributed by atoms with Gasteiger partial charge in [0.25, 0.3) is 10.2 Å². The molecule has 0 spiro atoms. The van der Waals surface area contributed by atoms with Crippen LogP contribution in [0.25, 0.3) is 0 Å². The Kier molecular flexibility index (Phi) is 8.73. The Hall–Kier alpha value is -0.210. The summed E-state index contributed by atoms with van der Waals surface area (Å²) in [5, 5.41) is 3.29. The lowest BCUT2D eigenvalue weighted by Gasteiger charge is -2.34. The molecule has 1 rings (SSSR count). The van der Waals surface area contributed by atoms with Crippen molar-refractivity contribution in [1.82, 2.24) is 13.9 Å². The molecule has 7 heteroatoms. The fourth-order valence-corrected chi connectivity index (χ4v) is 4.00. The molecule has 21 heavy (non-hydrogen) atoms. The molecule has 1 saturated heterocycles. The predicted octanol–water partition coefficient (Wildman–Crippen LogP) is 1.05. The molecule has 1 fully saturated rings. The van der Waals surface area contributed by atoms with Gasteiger partial charge in [-0.3, -0.25) is 0 Å². The number of ether oxygens (including phenoxy) is 1. The highest BCUT2D eigenvalue weighted by molar-refractivity contribution is 7.86. The van der Waals surface area contributed by atoms with Gasteiger partial charge in [-0.15, -0.1) is 0 Å². The third-order valence-electron chi connectivity index (χ3n) is 3.72. The van der Waals surface area contributed by atoms with Gasteiger partial charge >= 0.3 is 0 Å². The maximum atomic E-state index is 12.5. The predicted molar refractivity (Wildman–Crippen MR) is 85.5 cm³/mol. The van der Waals surface area contributed by atoms with Gasteiger partial charge in [0.05, 0.1) is 6.10 Å². The van der Waals surface area contributed by atoms with Gasteiger partial charge in [0.1, 0.15) is 0 Å². The minimum Gasteiger partial charge on any atom is -0.377 e. The lowest BCUT2D eigenvalue weighted by Crippen LogP contribution is -2.49. The van der Waals surface area contributed by atoms with Crippen LogP contribution in [-0.4, -0.2) is 69.5 Å². The summed E-state index contributed by atoms with van der Waals surface area (Å²) in [5.41, 5.74) is 0. The van der Waals surface area contributed by atoms with Crippen molar-refractivity contribution in [2.75, 3.05) is 46.4 Å². The van der Waals surface area contributed by atoms with Crippen molar-refractivity contribution < 1.29 is 13.2 Å². The van der Waals surface area contributed by atoms with Crippen LogP contribution < -0.4 is 5.32 Å². The molecule has 0 saturated carbocycles. The summed E-state index contributed by atoms with van der Waals surface area (Å²) in [4.78, 5) is 0. The van der Waals surface area contributed by atoms with Crippen LogP contribution in [0.2, 0.25) is 0 Å². The van der Waals surface area contributed by atoms with Gasteiger partial charge in [0, 0.05) is 33.3 Å². The molecule has 1 aliphatic rings. The van der Waals surface area contributed by atoms with E-state index >= 15 is 0 Å². The third-order valence-corrected chi connectivity index (χ3v) is 5.67. The monoisotopic (exact) mass is 321 g/mol. The first-order valence-electron chi connectivity index (χ1n) is 8.06. The summed E-state index contributed by atoms with van der Waals surface area (Å²) in [7, 11) is -1.68. The fourth-order valence-electron chi connectivity index (χ4n) is 2.53. The molecule has 0 bridgehead atoms. The van der Waals surface area contributed by atoms with E-state index in [4.69, 9.17) is 4.74 Å². The topological polar surface area (TPSA) is 61.9 Å². The maximum absolute atomic E-state index is 12.5. The van der Waals surface area contributed by atoms with E-state index in [9.17, 15) is 8.42 Å². The van der Waals surface area contributed by atoms with Gasteiger partial charge in [0.2, 0.25) is 0 Å². The first-order chi connectivity index (χ1) is 10.0. The Balaban J connectivity index is 2.43. The van der Waals surface area contributed by atoms with Gasteiger partial charge in [-0.1, -0.05) is 6.92 Å². The largest absolute Gasteiger partial charge is 0.377 e. The molecule has 1 atom stereocenters. The highest BCUT2D eigenvalue weighted by Gasteiger charge is 2.31. The first-order valence-corrected chi connectivity index (χ1v) is 9.45. The second-order valence-electron chi connectivity index (χ2n) is 5.51. The second-order valence-corrected chi connectivity index (χ2v) is 7.55. The highest BCUT2D eigenvalue weighted by atomic mass is 32.2. The third kappa shape index (κ3) is 6.20. The van der Waals surface area contributed by atoms with Crippen LogP contribution in [0, 0.1) is 0 Å². The van der Waals surface area contributed by atoms with Crippen LogP contribution in [0.1, 0.15) is 39.5 Å². The van der Waals surface area contributed by atoms with Crippen LogP contribution in [-0.2, 0) is 14.9 Å². The Bertz CT molecular complexity index is 374. The summed E-state index contributed by atoms with van der Waals surface area (Å²) in [6.07, 6.45) is 3.79. The van der Waals surface area contributed by atoms with E-state index in [1.807, 2.05) is 6.92 Å². The van der Waals surface area contributed by atoms with Crippen molar-refractivity contribution >= 4 is 10.2 Å². The molecule has 0 aromatic rings. The van der Waals surface area contributed by atoms with Crippen molar-refractivity contribution in [3.63, 3.8) is 0 Å². The molecule has 0 aromatic carbocycles. The van der Waals surface area contributed by atoms with Crippen LogP contribution in [0.4, 0.5) is 0 Å². The molecular formula is C14H31N3O3S. The number of nitrogens with zero attached hydrogens (tertiary/aromatic N) is 2. The smallest absolute Gasteiger partial charge is 0.281 e. The van der Waals surface area contributed by atoms with E-state index in [1.165, 1.54) is 4.31 Å². The summed E-state index contributed by atoms with van der Waals surface area (Å²) >= 11 is 0. The molecule has 0 amide bonds. The minimum absolute atomic E-state index is 0.0399. The van der Waals surface area contributed by atoms with Gasteiger partial charge in [0.15, 0.2) is 0 Å². The van der Waals surface area contributed by atoms with Crippen molar-refractivity contribution in [3.8, 4) is 0 Å². The van der Waals surface area contributed by atoms with E-state index in [-0.39, 0.29) is 6.10 Å². The summed E-state index contributed by atoms with van der Waals surface area (Å²) in [6.45, 7) is 8.18. The van der Waals surface area contributed by atoms with E-state index in [1.54, 1.807) is 11.4 Å². The lowest BCUT2D eigenvalue weighted by molar-refractivity contribution is 0.0253. The van der Waals surface area contributed by atoms with Crippen molar-refractivity contribution in [1.29, 1.82) is 0 Å². The molecule has 6 nitrogen and oxygen atoms in total. The van der Waals surface area contributed by atoms with Gasteiger partial charge in [-0.2, -0.15) is 17.0 Å².